The summed E-state index contributed by atoms with van der Waals surface area (Å²) < 4.78 is 28.4. The van der Waals surface area contributed by atoms with Gasteiger partial charge in [-0.05, 0) is 25.0 Å². The smallest absolute Gasteiger partial charge is 0.161 e. The maximum Gasteiger partial charge on any atom is 0.161 e. The minimum atomic E-state index is -0.911. The molecule has 0 bridgehead atoms. The number of nitrogens with one attached hydrogen (secondary N) is 1. The van der Waals surface area contributed by atoms with Crippen LogP contribution in [0, 0.1) is 18.6 Å². The number of hydrogen-bond donors (Lipinski definition) is 1. The Balaban J connectivity index is 1.67. The summed E-state index contributed by atoms with van der Waals surface area (Å²) >= 11 is 0. The number of benzene rings is 1. The lowest BCUT2D eigenvalue weighted by atomic mass is 10.2. The lowest BCUT2D eigenvalue weighted by Crippen LogP contribution is -2.08. The van der Waals surface area contributed by atoms with E-state index in [1.807, 2.05) is 24.0 Å². The first-order valence-electron chi connectivity index (χ1n) is 6.96. The summed E-state index contributed by atoms with van der Waals surface area (Å²) in [5, 5.41) is 7.80. The van der Waals surface area contributed by atoms with Crippen LogP contribution in [0.2, 0.25) is 0 Å². The zero-order valence-electron chi connectivity index (χ0n) is 12.1. The lowest BCUT2D eigenvalue weighted by Gasteiger charge is -2.08. The number of aromatic nitrogens is 4. The van der Waals surface area contributed by atoms with Crippen LogP contribution in [0.4, 0.5) is 14.6 Å². The lowest BCUT2D eigenvalue weighted by molar-refractivity contribution is 0.510. The Morgan fingerprint density at radius 3 is 2.77 bits per heavy atom. The van der Waals surface area contributed by atoms with Crippen LogP contribution in [-0.2, 0) is 6.54 Å². The number of aryl methyl sites for hydroxylation is 2. The van der Waals surface area contributed by atoms with Crippen molar-refractivity contribution in [3.8, 4) is 0 Å². The molecule has 0 aliphatic carbocycles. The Morgan fingerprint density at radius 2 is 2.00 bits per heavy atom. The summed E-state index contributed by atoms with van der Waals surface area (Å²) in [4.78, 5) is 8.04. The number of halogens is 2. The minimum Gasteiger partial charge on any atom is -0.369 e. The molecule has 1 N–H and O–H groups in total. The fraction of sp³-hybridized carbons (Fsp3) is 0.267. The molecule has 1 aromatic carbocycles. The van der Waals surface area contributed by atoms with E-state index in [-0.39, 0.29) is 0 Å². The van der Waals surface area contributed by atoms with E-state index in [1.54, 1.807) is 0 Å². The van der Waals surface area contributed by atoms with Crippen molar-refractivity contribution in [1.82, 2.24) is 19.7 Å². The van der Waals surface area contributed by atoms with Crippen molar-refractivity contribution in [2.45, 2.75) is 19.9 Å². The molecule has 0 aliphatic heterocycles. The van der Waals surface area contributed by atoms with E-state index >= 15 is 0 Å². The molecule has 0 saturated heterocycles. The number of hydrogen-bond acceptors (Lipinski definition) is 4. The molecule has 0 unspecified atom stereocenters. The van der Waals surface area contributed by atoms with E-state index in [9.17, 15) is 8.78 Å². The maximum atomic E-state index is 13.4. The molecular formula is C15H15F2N5. The molecule has 5 nitrogen and oxygen atoms in total. The van der Waals surface area contributed by atoms with Crippen LogP contribution in [-0.4, -0.2) is 26.3 Å². The molecule has 0 aliphatic rings. The molecule has 0 amide bonds. The van der Waals surface area contributed by atoms with Crippen molar-refractivity contribution in [3.63, 3.8) is 0 Å². The highest BCUT2D eigenvalue weighted by molar-refractivity contribution is 5.88. The quantitative estimate of drug-likeness (QED) is 0.736. The standard InChI is InChI=1S/C15H15F2N5/c1-10-7-21-22(8-10)4-2-3-18-15-11-5-12(16)13(17)6-14(11)19-9-20-15/h5-9H,2-4H2,1H3,(H,18,19,20). The number of nitrogens with zero attached hydrogens (tertiary/aromatic N) is 4. The molecular weight excluding hydrogens is 288 g/mol. The molecule has 0 atom stereocenters. The molecule has 0 spiro atoms. The average Bonchev–Trinajstić information content (AvgIpc) is 2.91. The van der Waals surface area contributed by atoms with Gasteiger partial charge in [0.05, 0.1) is 11.7 Å². The third kappa shape index (κ3) is 3.03. The second-order valence-electron chi connectivity index (χ2n) is 5.07. The van der Waals surface area contributed by atoms with Crippen molar-refractivity contribution in [2.75, 3.05) is 11.9 Å². The van der Waals surface area contributed by atoms with E-state index in [0.29, 0.717) is 23.3 Å². The van der Waals surface area contributed by atoms with Crippen LogP contribution in [0.3, 0.4) is 0 Å². The van der Waals surface area contributed by atoms with E-state index in [2.05, 4.69) is 20.4 Å². The van der Waals surface area contributed by atoms with Crippen LogP contribution >= 0.6 is 0 Å². The summed E-state index contributed by atoms with van der Waals surface area (Å²) in [5.74, 6) is -1.32. The van der Waals surface area contributed by atoms with Gasteiger partial charge in [0.25, 0.3) is 0 Å². The summed E-state index contributed by atoms with van der Waals surface area (Å²) in [7, 11) is 0. The third-order valence-electron chi connectivity index (χ3n) is 3.30. The maximum absolute atomic E-state index is 13.4. The molecule has 0 fully saturated rings. The van der Waals surface area contributed by atoms with Gasteiger partial charge in [0.1, 0.15) is 12.1 Å². The van der Waals surface area contributed by atoms with Crippen LogP contribution in [0.1, 0.15) is 12.0 Å². The van der Waals surface area contributed by atoms with Crippen molar-refractivity contribution in [3.05, 3.63) is 48.1 Å². The second kappa shape index (κ2) is 6.05. The molecule has 3 rings (SSSR count). The predicted octanol–water partition coefficient (Wildman–Crippen LogP) is 2.92. The largest absolute Gasteiger partial charge is 0.369 e. The van der Waals surface area contributed by atoms with E-state index in [1.165, 1.54) is 6.33 Å². The Hall–Kier alpha value is -2.57. The Bertz CT molecular complexity index is 800. The summed E-state index contributed by atoms with van der Waals surface area (Å²) in [6.07, 6.45) is 5.94. The topological polar surface area (TPSA) is 55.6 Å². The molecule has 114 valence electrons. The van der Waals surface area contributed by atoms with Crippen molar-refractivity contribution >= 4 is 16.7 Å². The predicted molar refractivity (Wildman–Crippen MR) is 79.5 cm³/mol. The average molecular weight is 303 g/mol. The molecule has 7 heteroatoms. The highest BCUT2D eigenvalue weighted by Gasteiger charge is 2.09. The van der Waals surface area contributed by atoms with Crippen LogP contribution in [0.5, 0.6) is 0 Å². The first kappa shape index (κ1) is 14.4. The van der Waals surface area contributed by atoms with Crippen LogP contribution in [0.15, 0.2) is 30.9 Å². The van der Waals surface area contributed by atoms with E-state index in [4.69, 9.17) is 0 Å². The fourth-order valence-corrected chi connectivity index (χ4v) is 2.23. The molecule has 3 aromatic rings. The normalized spacial score (nSPS) is 11.0. The van der Waals surface area contributed by atoms with Gasteiger partial charge in [-0.2, -0.15) is 5.10 Å². The minimum absolute atomic E-state index is 0.374. The van der Waals surface area contributed by atoms with Crippen molar-refractivity contribution < 1.29 is 8.78 Å². The monoisotopic (exact) mass is 303 g/mol. The fourth-order valence-electron chi connectivity index (χ4n) is 2.23. The molecule has 2 aromatic heterocycles. The Morgan fingerprint density at radius 1 is 1.18 bits per heavy atom. The molecule has 2 heterocycles. The molecule has 0 radical (unpaired) electrons. The Kier molecular flexibility index (Phi) is 3.95. The SMILES string of the molecule is Cc1cnn(CCCNc2ncnc3cc(F)c(F)cc23)c1. The Labute approximate surface area is 126 Å². The number of rotatable bonds is 5. The van der Waals surface area contributed by atoms with Gasteiger partial charge in [0.2, 0.25) is 0 Å². The first-order valence-corrected chi connectivity index (χ1v) is 6.96. The zero-order chi connectivity index (χ0) is 15.5. The van der Waals surface area contributed by atoms with Crippen molar-refractivity contribution in [1.29, 1.82) is 0 Å². The number of fused-ring (bicyclic) bond motifs is 1. The number of anilines is 1. The molecule has 0 saturated carbocycles. The van der Waals surface area contributed by atoms with Gasteiger partial charge in [-0.1, -0.05) is 0 Å². The van der Waals surface area contributed by atoms with Gasteiger partial charge in [0.15, 0.2) is 11.6 Å². The van der Waals surface area contributed by atoms with Crippen LogP contribution in [0.25, 0.3) is 10.9 Å². The van der Waals surface area contributed by atoms with Gasteiger partial charge in [0, 0.05) is 30.7 Å². The van der Waals surface area contributed by atoms with Gasteiger partial charge in [-0.15, -0.1) is 0 Å². The van der Waals surface area contributed by atoms with Gasteiger partial charge >= 0.3 is 0 Å². The highest BCUT2D eigenvalue weighted by atomic mass is 19.2. The van der Waals surface area contributed by atoms with Crippen LogP contribution < -0.4 is 5.32 Å². The summed E-state index contributed by atoms with van der Waals surface area (Å²) in [6, 6.07) is 2.19. The van der Waals surface area contributed by atoms with Gasteiger partial charge in [-0.25, -0.2) is 18.7 Å². The van der Waals surface area contributed by atoms with E-state index < -0.39 is 11.6 Å². The second-order valence-corrected chi connectivity index (χ2v) is 5.07. The van der Waals surface area contributed by atoms with Gasteiger partial charge in [-0.3, -0.25) is 4.68 Å². The zero-order valence-corrected chi connectivity index (χ0v) is 12.1. The highest BCUT2D eigenvalue weighted by Crippen LogP contribution is 2.22. The summed E-state index contributed by atoms with van der Waals surface area (Å²) in [5.41, 5.74) is 1.49. The van der Waals surface area contributed by atoms with E-state index in [0.717, 1.165) is 30.7 Å². The third-order valence-corrected chi connectivity index (χ3v) is 3.30. The summed E-state index contributed by atoms with van der Waals surface area (Å²) in [6.45, 7) is 3.40. The first-order chi connectivity index (χ1) is 10.6. The van der Waals surface area contributed by atoms with Gasteiger partial charge < -0.3 is 5.32 Å². The van der Waals surface area contributed by atoms with Crippen molar-refractivity contribution in [2.24, 2.45) is 0 Å². The molecule has 22 heavy (non-hydrogen) atoms.